The van der Waals surface area contributed by atoms with Crippen molar-refractivity contribution in [1.29, 1.82) is 0 Å². The van der Waals surface area contributed by atoms with Gasteiger partial charge >= 0.3 is 0 Å². The number of hydrogen-bond acceptors (Lipinski definition) is 32. The summed E-state index contributed by atoms with van der Waals surface area (Å²) < 4.78 is 96.6. The number of halogens is 8. The molecule has 0 radical (unpaired) electrons. The number of hydrogen-bond donors (Lipinski definition) is 16. The fourth-order valence-corrected chi connectivity index (χ4v) is 15.9. The Kier molecular flexibility index (Phi) is 27.8. The summed E-state index contributed by atoms with van der Waals surface area (Å²) in [6.07, 6.45) is -67.7. The van der Waals surface area contributed by atoms with Crippen molar-refractivity contribution in [3.05, 3.63) is 0 Å². The normalized spacial score (nSPS) is 55.4. The Morgan fingerprint density at radius 1 is 0.148 bits per heavy atom. The van der Waals surface area contributed by atoms with Crippen molar-refractivity contribution in [1.82, 2.24) is 0 Å². The lowest BCUT2D eigenvalue weighted by Crippen LogP contribution is -2.68. The Morgan fingerprint density at radius 3 is 0.318 bits per heavy atom. The van der Waals surface area contributed by atoms with Crippen molar-refractivity contribution in [2.75, 3.05) is 42.6 Å². The Labute approximate surface area is 568 Å². The van der Waals surface area contributed by atoms with Crippen molar-refractivity contribution in [3.8, 4) is 0 Å². The van der Waals surface area contributed by atoms with Crippen LogP contribution in [0.15, 0.2) is 0 Å². The van der Waals surface area contributed by atoms with Gasteiger partial charge in [0, 0.05) is 42.6 Å². The van der Waals surface area contributed by atoms with Gasteiger partial charge in [0.05, 0.1) is 48.8 Å². The first kappa shape index (κ1) is 74.8. The maximum Gasteiger partial charge on any atom is 0.187 e. The Balaban J connectivity index is 0.975. The van der Waals surface area contributed by atoms with Gasteiger partial charge in [0.25, 0.3) is 0 Å². The quantitative estimate of drug-likeness (QED) is 0.101. The summed E-state index contributed by atoms with van der Waals surface area (Å²) in [4.78, 5) is 0. The molecule has 30 heterocycles. The van der Waals surface area contributed by atoms with Gasteiger partial charge in [-0.15, -0.1) is 0 Å². The van der Waals surface area contributed by atoms with E-state index in [1.54, 1.807) is 0 Å². The highest BCUT2D eigenvalue weighted by atomic mass is 79.9. The third kappa shape index (κ3) is 15.3. The largest absolute Gasteiger partial charge is 0.387 e. The van der Waals surface area contributed by atoms with Crippen LogP contribution >= 0.6 is 127 Å². The molecule has 16 N–H and O–H groups in total. The third-order valence-corrected chi connectivity index (χ3v) is 21.8. The molecule has 0 spiro atoms. The van der Waals surface area contributed by atoms with Crippen LogP contribution < -0.4 is 0 Å². The monoisotopic (exact) mass is 1790 g/mol. The van der Waals surface area contributed by atoms with E-state index < -0.39 is 246 Å². The lowest BCUT2D eigenvalue weighted by molar-refractivity contribution is -0.396. The zero-order valence-electron chi connectivity index (χ0n) is 45.5. The molecule has 0 saturated carbocycles. The van der Waals surface area contributed by atoms with Crippen LogP contribution in [0.3, 0.4) is 0 Å². The molecule has 32 nitrogen and oxygen atoms in total. The predicted molar refractivity (Wildman–Crippen MR) is 315 cm³/mol. The number of aliphatic hydroxyl groups excluding tert-OH is 16. The Morgan fingerprint density at radius 2 is 0.239 bits per heavy atom. The zero-order valence-corrected chi connectivity index (χ0v) is 58.1. The SMILES string of the molecule is OC1[C@@H](O)[C@H]2O[C@H]3[C@H](O)[C@@H](O)[C@H](O[C@@H]3CBr)O[C@H]3C(O)[C@@H](O)[C@@H](O[C@H]4[C@H](O)[C@@H](O)[C@@H](O[C@H]5[C@H](O)[C@@H](O)[C@@H](O[C@H]6[C@H](O)[C@@H](O)[C@@H](O[C@H]7[C@H](O)[C@@H](O)[C@@H](O[C@H]8[C@H](O)[C@@H](O)[C@H](O[C@@H]8CBr)O[C@@H]1[C@@H](CBr)O2)O[C@@H]7CBr)O[C@@H]6CBr)O[C@@H]5CBr)O[C@@H]4CBr)O[C@@H]3CBr. The molecule has 0 aromatic heterocycles. The minimum atomic E-state index is -1.99. The lowest BCUT2D eigenvalue weighted by Gasteiger charge is -2.50. The van der Waals surface area contributed by atoms with Gasteiger partial charge in [0.1, 0.15) is 146 Å². The maximum atomic E-state index is 11.6. The number of alkyl halides is 8. The Hall–Kier alpha value is 2.56. The number of rotatable bonds is 8. The molecule has 40 heteroatoms. The summed E-state index contributed by atoms with van der Waals surface area (Å²) in [5.41, 5.74) is 0. The molecule has 88 heavy (non-hydrogen) atoms. The van der Waals surface area contributed by atoms with Crippen molar-refractivity contribution in [2.24, 2.45) is 0 Å². The standard InChI is InChI=1S/C48H72Br8O32/c49-1-9-33-17(57)25(65)41(73-9)82-34-10(2-50)75-43(27(67)19(34)59)84-36-12(4-52)77-45(29(69)21(36)61)86-38-14(6-54)79-47(31(71)23(38)63)88-40-16(8-56)80-48(32(72)24(40)64)87-39-15(7-55)78-46(30(70)22(39)62)85-37-13(5-53)76-44(28(68)20(37)60)83-35-11(3-51)74-42(81-33)26(66)18(35)58/h9-48,57-72H,1-8H2/t9-,10-,11-,12-,13-,14-,15-,16-,17-,18-,19-,20-,21-,22?,23?,24-,25-,26-,27-,28-,29-,30-,31-,32-,33-,34-,35-,36-,37-,38-,39-,40-,41-,42-,43-,44-,45-,46-,47-,48-/m1/s1. The summed E-state index contributed by atoms with van der Waals surface area (Å²) in [5, 5.41) is 184. The van der Waals surface area contributed by atoms with Crippen LogP contribution in [0.25, 0.3) is 0 Å². The first-order valence-electron chi connectivity index (χ1n) is 27.7. The van der Waals surface area contributed by atoms with E-state index in [0.29, 0.717) is 0 Å². The van der Waals surface area contributed by atoms with Crippen LogP contribution in [-0.4, -0.2) is 370 Å². The van der Waals surface area contributed by atoms with E-state index in [1.807, 2.05) is 0 Å². The molecule has 0 aliphatic carbocycles. The molecule has 2 unspecified atom stereocenters. The molecule has 0 aromatic rings. The van der Waals surface area contributed by atoms with E-state index in [1.165, 1.54) is 0 Å². The van der Waals surface area contributed by atoms with Gasteiger partial charge in [-0.2, -0.15) is 0 Å². The summed E-state index contributed by atoms with van der Waals surface area (Å²) in [6, 6.07) is 0. The number of ether oxygens (including phenoxy) is 16. The van der Waals surface area contributed by atoms with E-state index in [-0.39, 0.29) is 42.6 Å². The van der Waals surface area contributed by atoms with Gasteiger partial charge in [-0.1, -0.05) is 127 Å². The second kappa shape index (κ2) is 32.7. The molecule has 40 atom stereocenters. The highest BCUT2D eigenvalue weighted by Gasteiger charge is 2.60. The molecule has 16 bridgehead atoms. The van der Waals surface area contributed by atoms with Crippen LogP contribution in [0.2, 0.25) is 0 Å². The van der Waals surface area contributed by atoms with Crippen LogP contribution in [0.1, 0.15) is 0 Å². The van der Waals surface area contributed by atoms with Crippen molar-refractivity contribution in [3.63, 3.8) is 0 Å². The van der Waals surface area contributed by atoms with Gasteiger partial charge in [0.15, 0.2) is 50.3 Å². The summed E-state index contributed by atoms with van der Waals surface area (Å²) in [7, 11) is 0. The van der Waals surface area contributed by atoms with Crippen LogP contribution in [0, 0.1) is 0 Å². The average molecular weight is 1800 g/mol. The molecule has 30 aliphatic heterocycles. The minimum Gasteiger partial charge on any atom is -0.387 e. The van der Waals surface area contributed by atoms with Gasteiger partial charge < -0.3 is 157 Å². The molecule has 30 fully saturated rings. The Bertz CT molecular complexity index is 1730. The predicted octanol–water partition coefficient (Wildman–Crippen LogP) is -6.19. The molecular formula is C48H72Br8O32. The van der Waals surface area contributed by atoms with E-state index in [4.69, 9.17) is 75.8 Å². The molecule has 0 amide bonds. The van der Waals surface area contributed by atoms with Gasteiger partial charge in [0.2, 0.25) is 0 Å². The molecule has 0 aromatic carbocycles. The third-order valence-electron chi connectivity index (χ3n) is 16.7. The van der Waals surface area contributed by atoms with E-state index in [2.05, 4.69) is 127 Å². The summed E-state index contributed by atoms with van der Waals surface area (Å²) in [6.45, 7) is 0. The first-order chi connectivity index (χ1) is 41.9. The summed E-state index contributed by atoms with van der Waals surface area (Å²) >= 11 is 26.4. The molecule has 30 rings (SSSR count). The second-order valence-corrected chi connectivity index (χ2v) is 27.4. The van der Waals surface area contributed by atoms with E-state index in [0.717, 1.165) is 0 Å². The fraction of sp³-hybridized carbons (Fsp3) is 1.00. The van der Waals surface area contributed by atoms with Crippen LogP contribution in [0.5, 0.6) is 0 Å². The van der Waals surface area contributed by atoms with E-state index in [9.17, 15) is 81.7 Å². The maximum absolute atomic E-state index is 11.6. The van der Waals surface area contributed by atoms with Gasteiger partial charge in [-0.25, -0.2) is 0 Å². The fourth-order valence-electron chi connectivity index (χ4n) is 11.7. The van der Waals surface area contributed by atoms with Crippen molar-refractivity contribution < 1.29 is 157 Å². The number of aliphatic hydroxyl groups is 16. The highest BCUT2D eigenvalue weighted by Crippen LogP contribution is 2.41. The lowest BCUT2D eigenvalue weighted by atomic mass is 9.95. The molecule has 512 valence electrons. The zero-order chi connectivity index (χ0) is 64.1. The topological polar surface area (TPSA) is 471 Å². The van der Waals surface area contributed by atoms with Crippen molar-refractivity contribution >= 4 is 127 Å². The average Bonchev–Trinajstić information content (AvgIpc) is 3.58. The van der Waals surface area contributed by atoms with Crippen LogP contribution in [0.4, 0.5) is 0 Å². The van der Waals surface area contributed by atoms with E-state index >= 15 is 0 Å². The first-order valence-corrected chi connectivity index (χ1v) is 36.7. The molecule has 30 saturated heterocycles. The smallest absolute Gasteiger partial charge is 0.187 e. The highest BCUT2D eigenvalue weighted by molar-refractivity contribution is 9.10. The second-order valence-electron chi connectivity index (χ2n) is 22.2. The van der Waals surface area contributed by atoms with Crippen LogP contribution in [-0.2, 0) is 75.8 Å². The van der Waals surface area contributed by atoms with Gasteiger partial charge in [-0.3, -0.25) is 0 Å². The van der Waals surface area contributed by atoms with Gasteiger partial charge in [-0.05, 0) is 0 Å². The summed E-state index contributed by atoms with van der Waals surface area (Å²) in [5.74, 6) is 0. The molecule has 30 aliphatic rings. The minimum absolute atomic E-state index is 0.130. The molecular weight excluding hydrogens is 1730 g/mol. The van der Waals surface area contributed by atoms with Crippen molar-refractivity contribution in [2.45, 2.75) is 246 Å².